The molecular weight excluding hydrogens is 369 g/mol. The number of nitrogens with one attached hydrogen (secondary N) is 2. The molecule has 140 valence electrons. The first-order valence-electron chi connectivity index (χ1n) is 7.48. The number of amides is 1. The molecule has 0 aliphatic heterocycles. The Morgan fingerprint density at radius 1 is 1.12 bits per heavy atom. The van der Waals surface area contributed by atoms with Crippen molar-refractivity contribution in [2.45, 2.75) is 19.6 Å². The van der Waals surface area contributed by atoms with Gasteiger partial charge in [0.15, 0.2) is 0 Å². The Bertz CT molecular complexity index is 925. The van der Waals surface area contributed by atoms with Crippen LogP contribution in [0.4, 0.5) is 18.9 Å². The summed E-state index contributed by atoms with van der Waals surface area (Å²) < 4.78 is 62.9. The minimum atomic E-state index is -4.44. The molecule has 0 saturated carbocycles. The smallest absolute Gasteiger partial charge is 0.348 e. The lowest BCUT2D eigenvalue weighted by molar-refractivity contribution is -0.137. The lowest BCUT2D eigenvalue weighted by Crippen LogP contribution is -2.23. The molecule has 0 bridgehead atoms. The maximum absolute atomic E-state index is 12.7. The van der Waals surface area contributed by atoms with Crippen molar-refractivity contribution in [1.29, 1.82) is 0 Å². The van der Waals surface area contributed by atoms with Crippen LogP contribution in [0.3, 0.4) is 0 Å². The molecule has 1 amide bonds. The van der Waals surface area contributed by atoms with E-state index < -0.39 is 27.7 Å². The molecule has 0 atom stereocenters. The molecule has 0 heterocycles. The number of rotatable bonds is 5. The first-order chi connectivity index (χ1) is 12.0. The third-order valence-corrected chi connectivity index (χ3v) is 4.08. The second kappa shape index (κ2) is 7.36. The molecule has 9 heteroatoms. The summed E-state index contributed by atoms with van der Waals surface area (Å²) >= 11 is 0. The number of hydrogen-bond donors (Lipinski definition) is 2. The van der Waals surface area contributed by atoms with Gasteiger partial charge in [-0.25, -0.2) is 8.42 Å². The number of anilines is 1. The minimum Gasteiger partial charge on any atom is -0.348 e. The molecule has 2 aromatic rings. The maximum Gasteiger partial charge on any atom is 0.416 e. The second-order valence-electron chi connectivity index (χ2n) is 5.78. The number of halogens is 3. The topological polar surface area (TPSA) is 75.3 Å². The summed E-state index contributed by atoms with van der Waals surface area (Å²) in [7, 11) is -3.44. The number of sulfonamides is 1. The van der Waals surface area contributed by atoms with Gasteiger partial charge in [0.05, 0.1) is 17.5 Å². The second-order valence-corrected chi connectivity index (χ2v) is 7.53. The SMILES string of the molecule is Cc1cc(C(=O)NCc2cccc(C(F)(F)F)c2)ccc1NS(C)(=O)=O. The van der Waals surface area contributed by atoms with Crippen molar-refractivity contribution in [2.75, 3.05) is 11.0 Å². The Kier molecular flexibility index (Phi) is 5.60. The van der Waals surface area contributed by atoms with E-state index in [-0.39, 0.29) is 12.1 Å². The van der Waals surface area contributed by atoms with Gasteiger partial charge in [-0.1, -0.05) is 12.1 Å². The number of benzene rings is 2. The first-order valence-corrected chi connectivity index (χ1v) is 9.37. The third kappa shape index (κ3) is 5.48. The van der Waals surface area contributed by atoms with Crippen LogP contribution in [0.2, 0.25) is 0 Å². The van der Waals surface area contributed by atoms with Crippen LogP contribution in [0.25, 0.3) is 0 Å². The molecule has 0 aliphatic carbocycles. The Morgan fingerprint density at radius 2 is 1.81 bits per heavy atom. The maximum atomic E-state index is 12.7. The fourth-order valence-electron chi connectivity index (χ4n) is 2.26. The highest BCUT2D eigenvalue weighted by atomic mass is 32.2. The zero-order valence-corrected chi connectivity index (χ0v) is 14.8. The lowest BCUT2D eigenvalue weighted by Gasteiger charge is -2.11. The predicted molar refractivity (Wildman–Crippen MR) is 92.3 cm³/mol. The van der Waals surface area contributed by atoms with Crippen molar-refractivity contribution in [3.05, 3.63) is 64.7 Å². The lowest BCUT2D eigenvalue weighted by atomic mass is 10.1. The molecule has 0 unspecified atom stereocenters. The van der Waals surface area contributed by atoms with Crippen molar-refractivity contribution >= 4 is 21.6 Å². The van der Waals surface area contributed by atoms with Crippen molar-refractivity contribution < 1.29 is 26.4 Å². The fourth-order valence-corrected chi connectivity index (χ4v) is 2.89. The molecule has 5 nitrogen and oxygen atoms in total. The van der Waals surface area contributed by atoms with Gasteiger partial charge in [0.2, 0.25) is 10.0 Å². The zero-order chi connectivity index (χ0) is 19.5. The summed E-state index contributed by atoms with van der Waals surface area (Å²) in [5.41, 5.74) is 0.703. The molecule has 2 aromatic carbocycles. The van der Waals surface area contributed by atoms with E-state index in [4.69, 9.17) is 0 Å². The van der Waals surface area contributed by atoms with Crippen LogP contribution in [-0.4, -0.2) is 20.6 Å². The molecule has 0 radical (unpaired) electrons. The highest BCUT2D eigenvalue weighted by molar-refractivity contribution is 7.92. The van der Waals surface area contributed by atoms with E-state index >= 15 is 0 Å². The molecule has 26 heavy (non-hydrogen) atoms. The standard InChI is InChI=1S/C17H17F3N2O3S/c1-11-8-13(6-7-15(11)22-26(2,24)25)16(23)21-10-12-4-3-5-14(9-12)17(18,19)20/h3-9,22H,10H2,1-2H3,(H,21,23). The molecule has 2 rings (SSSR count). The van der Waals surface area contributed by atoms with E-state index in [1.807, 2.05) is 0 Å². The summed E-state index contributed by atoms with van der Waals surface area (Å²) in [5.74, 6) is -0.476. The predicted octanol–water partition coefficient (Wildman–Crippen LogP) is 3.32. The average Bonchev–Trinajstić information content (AvgIpc) is 2.53. The molecule has 0 saturated heterocycles. The van der Waals surface area contributed by atoms with Crippen LogP contribution in [0, 0.1) is 6.92 Å². The van der Waals surface area contributed by atoms with Crippen LogP contribution in [0.15, 0.2) is 42.5 Å². The van der Waals surface area contributed by atoms with Gasteiger partial charge in [-0.05, 0) is 48.4 Å². The third-order valence-electron chi connectivity index (χ3n) is 3.49. The van der Waals surface area contributed by atoms with Crippen LogP contribution in [0.1, 0.15) is 27.0 Å². The summed E-state index contributed by atoms with van der Waals surface area (Å²) in [6, 6.07) is 9.08. The van der Waals surface area contributed by atoms with Crippen molar-refractivity contribution in [1.82, 2.24) is 5.32 Å². The van der Waals surface area contributed by atoms with Gasteiger partial charge in [-0.3, -0.25) is 9.52 Å². The van der Waals surface area contributed by atoms with E-state index in [2.05, 4.69) is 10.0 Å². The largest absolute Gasteiger partial charge is 0.416 e. The number of hydrogen-bond acceptors (Lipinski definition) is 3. The fraction of sp³-hybridized carbons (Fsp3) is 0.235. The molecule has 0 aromatic heterocycles. The van der Waals surface area contributed by atoms with E-state index in [0.29, 0.717) is 16.8 Å². The number of aryl methyl sites for hydroxylation is 1. The quantitative estimate of drug-likeness (QED) is 0.828. The van der Waals surface area contributed by atoms with E-state index in [9.17, 15) is 26.4 Å². The Morgan fingerprint density at radius 3 is 2.38 bits per heavy atom. The van der Waals surface area contributed by atoms with Crippen molar-refractivity contribution in [3.8, 4) is 0 Å². The summed E-state index contributed by atoms with van der Waals surface area (Å²) in [6.45, 7) is 1.57. The zero-order valence-electron chi connectivity index (χ0n) is 14.0. The van der Waals surface area contributed by atoms with E-state index in [0.717, 1.165) is 18.4 Å². The van der Waals surface area contributed by atoms with Crippen LogP contribution in [0.5, 0.6) is 0 Å². The van der Waals surface area contributed by atoms with Crippen molar-refractivity contribution in [3.63, 3.8) is 0 Å². The molecule has 0 aliphatic rings. The van der Waals surface area contributed by atoms with Crippen molar-refractivity contribution in [2.24, 2.45) is 0 Å². The number of carbonyl (C=O) groups excluding carboxylic acids is 1. The molecule has 0 fully saturated rings. The highest BCUT2D eigenvalue weighted by Crippen LogP contribution is 2.29. The number of carbonyl (C=O) groups is 1. The monoisotopic (exact) mass is 386 g/mol. The Hall–Kier alpha value is -2.55. The summed E-state index contributed by atoms with van der Waals surface area (Å²) in [5, 5.41) is 2.54. The molecular formula is C17H17F3N2O3S. The highest BCUT2D eigenvalue weighted by Gasteiger charge is 2.30. The van der Waals surface area contributed by atoms with E-state index in [1.54, 1.807) is 6.92 Å². The van der Waals surface area contributed by atoms with Gasteiger partial charge in [-0.2, -0.15) is 13.2 Å². The van der Waals surface area contributed by atoms with Crippen LogP contribution >= 0.6 is 0 Å². The van der Waals surface area contributed by atoms with Gasteiger partial charge in [-0.15, -0.1) is 0 Å². The Labute approximate surface area is 149 Å². The van der Waals surface area contributed by atoms with Gasteiger partial charge >= 0.3 is 6.18 Å². The van der Waals surface area contributed by atoms with Gasteiger partial charge in [0.25, 0.3) is 5.91 Å². The number of alkyl halides is 3. The van der Waals surface area contributed by atoms with Gasteiger partial charge in [0, 0.05) is 12.1 Å². The molecule has 0 spiro atoms. The normalized spacial score (nSPS) is 11.9. The minimum absolute atomic E-state index is 0.0643. The van der Waals surface area contributed by atoms with Gasteiger partial charge < -0.3 is 5.32 Å². The first kappa shape index (κ1) is 19.8. The van der Waals surface area contributed by atoms with Gasteiger partial charge in [0.1, 0.15) is 0 Å². The Balaban J connectivity index is 2.08. The molecule has 2 N–H and O–H groups in total. The summed E-state index contributed by atoms with van der Waals surface area (Å²) in [6.07, 6.45) is -3.43. The van der Waals surface area contributed by atoms with Crippen LogP contribution in [-0.2, 0) is 22.7 Å². The van der Waals surface area contributed by atoms with Crippen LogP contribution < -0.4 is 10.0 Å². The van der Waals surface area contributed by atoms with E-state index in [1.165, 1.54) is 30.3 Å². The average molecular weight is 386 g/mol. The summed E-state index contributed by atoms with van der Waals surface area (Å²) in [4.78, 5) is 12.2.